The lowest BCUT2D eigenvalue weighted by Crippen LogP contribution is -2.33. The molecule has 25 heavy (non-hydrogen) atoms. The second kappa shape index (κ2) is 7.08. The fourth-order valence-electron chi connectivity index (χ4n) is 2.74. The largest absolute Gasteiger partial charge is 0.416 e. The molecule has 0 atom stereocenters. The van der Waals surface area contributed by atoms with E-state index in [-0.39, 0.29) is 17.6 Å². The molecule has 1 amide bonds. The van der Waals surface area contributed by atoms with Crippen LogP contribution in [0.3, 0.4) is 0 Å². The average molecular weight is 350 g/mol. The molecule has 2 N–H and O–H groups in total. The van der Waals surface area contributed by atoms with E-state index in [0.29, 0.717) is 11.5 Å². The van der Waals surface area contributed by atoms with Gasteiger partial charge in [-0.1, -0.05) is 12.8 Å². The Kier molecular flexibility index (Phi) is 4.87. The van der Waals surface area contributed by atoms with Crippen LogP contribution in [0.4, 0.5) is 24.7 Å². The molecule has 1 heterocycles. The highest BCUT2D eigenvalue weighted by Crippen LogP contribution is 2.30. The van der Waals surface area contributed by atoms with Gasteiger partial charge in [-0.05, 0) is 49.2 Å². The highest BCUT2D eigenvalue weighted by molar-refractivity contribution is 5.92. The number of hydrogen-bond acceptors (Lipinski definition) is 4. The molecule has 3 rings (SSSR count). The van der Waals surface area contributed by atoms with Gasteiger partial charge in [0, 0.05) is 11.7 Å². The maximum absolute atomic E-state index is 12.5. The van der Waals surface area contributed by atoms with E-state index in [1.165, 1.54) is 18.2 Å². The maximum Gasteiger partial charge on any atom is 0.416 e. The van der Waals surface area contributed by atoms with Crippen LogP contribution in [0, 0.1) is 0 Å². The topological polar surface area (TPSA) is 66.9 Å². The fourth-order valence-corrected chi connectivity index (χ4v) is 2.74. The van der Waals surface area contributed by atoms with Crippen molar-refractivity contribution in [3.8, 4) is 0 Å². The third kappa shape index (κ3) is 4.46. The molecule has 1 fully saturated rings. The molecule has 0 radical (unpaired) electrons. The lowest BCUT2D eigenvalue weighted by Gasteiger charge is -2.11. The average Bonchev–Trinajstić information content (AvgIpc) is 3.08. The van der Waals surface area contributed by atoms with Crippen LogP contribution in [0.2, 0.25) is 0 Å². The molecule has 1 aromatic heterocycles. The molecule has 0 bridgehead atoms. The van der Waals surface area contributed by atoms with Crippen molar-refractivity contribution < 1.29 is 18.0 Å². The zero-order valence-electron chi connectivity index (χ0n) is 13.3. The van der Waals surface area contributed by atoms with E-state index >= 15 is 0 Å². The number of nitrogens with zero attached hydrogens (tertiary/aromatic N) is 2. The predicted molar refractivity (Wildman–Crippen MR) is 86.5 cm³/mol. The summed E-state index contributed by atoms with van der Waals surface area (Å²) in [5, 5.41) is 13.5. The molecule has 0 unspecified atom stereocenters. The van der Waals surface area contributed by atoms with Crippen LogP contribution in [0.25, 0.3) is 0 Å². The molecule has 8 heteroatoms. The molecule has 0 saturated heterocycles. The Bertz CT molecular complexity index is 723. The van der Waals surface area contributed by atoms with Crippen LogP contribution in [0.15, 0.2) is 36.4 Å². The minimum Gasteiger partial charge on any atom is -0.348 e. The van der Waals surface area contributed by atoms with E-state index in [2.05, 4.69) is 20.8 Å². The zero-order chi connectivity index (χ0) is 17.9. The van der Waals surface area contributed by atoms with E-state index in [1.807, 2.05) is 0 Å². The third-order valence-electron chi connectivity index (χ3n) is 4.07. The summed E-state index contributed by atoms with van der Waals surface area (Å²) >= 11 is 0. The monoisotopic (exact) mass is 350 g/mol. The number of aromatic nitrogens is 2. The van der Waals surface area contributed by atoms with E-state index in [4.69, 9.17) is 0 Å². The van der Waals surface area contributed by atoms with Gasteiger partial charge in [-0.15, -0.1) is 10.2 Å². The van der Waals surface area contributed by atoms with Gasteiger partial charge in [0.2, 0.25) is 0 Å². The van der Waals surface area contributed by atoms with Gasteiger partial charge in [-0.3, -0.25) is 4.79 Å². The van der Waals surface area contributed by atoms with Crippen molar-refractivity contribution in [2.45, 2.75) is 37.9 Å². The quantitative estimate of drug-likeness (QED) is 0.877. The van der Waals surface area contributed by atoms with Crippen LogP contribution in [0.5, 0.6) is 0 Å². The van der Waals surface area contributed by atoms with Gasteiger partial charge in [-0.25, -0.2) is 0 Å². The first-order chi connectivity index (χ1) is 11.9. The minimum atomic E-state index is -4.37. The third-order valence-corrected chi connectivity index (χ3v) is 4.07. The van der Waals surface area contributed by atoms with Gasteiger partial charge < -0.3 is 10.6 Å². The summed E-state index contributed by atoms with van der Waals surface area (Å²) in [5.74, 6) is 0.0812. The summed E-state index contributed by atoms with van der Waals surface area (Å²) in [7, 11) is 0. The smallest absolute Gasteiger partial charge is 0.348 e. The van der Waals surface area contributed by atoms with E-state index < -0.39 is 11.7 Å². The molecular formula is C17H17F3N4O. The highest BCUT2D eigenvalue weighted by atomic mass is 19.4. The second-order valence-electron chi connectivity index (χ2n) is 5.96. The van der Waals surface area contributed by atoms with Crippen molar-refractivity contribution in [1.29, 1.82) is 0 Å². The van der Waals surface area contributed by atoms with Crippen molar-refractivity contribution in [1.82, 2.24) is 15.5 Å². The van der Waals surface area contributed by atoms with E-state index in [0.717, 1.165) is 37.8 Å². The molecule has 1 saturated carbocycles. The molecule has 0 aliphatic heterocycles. The first-order valence-corrected chi connectivity index (χ1v) is 8.01. The molecule has 5 nitrogen and oxygen atoms in total. The molecular weight excluding hydrogens is 333 g/mol. The number of hydrogen-bond donors (Lipinski definition) is 2. The number of rotatable bonds is 4. The number of carbonyl (C=O) groups excluding carboxylic acids is 1. The molecule has 1 aromatic carbocycles. The van der Waals surface area contributed by atoms with Gasteiger partial charge in [0.05, 0.1) is 5.56 Å². The first-order valence-electron chi connectivity index (χ1n) is 8.01. The maximum atomic E-state index is 12.5. The summed E-state index contributed by atoms with van der Waals surface area (Å²) in [6, 6.07) is 7.88. The van der Waals surface area contributed by atoms with E-state index in [9.17, 15) is 18.0 Å². The highest BCUT2D eigenvalue weighted by Gasteiger charge is 2.29. The van der Waals surface area contributed by atoms with Gasteiger partial charge in [0.25, 0.3) is 5.91 Å². The number of anilines is 2. The minimum absolute atomic E-state index is 0.194. The Balaban J connectivity index is 1.61. The van der Waals surface area contributed by atoms with Crippen LogP contribution >= 0.6 is 0 Å². The zero-order valence-corrected chi connectivity index (χ0v) is 13.3. The van der Waals surface area contributed by atoms with Gasteiger partial charge in [0.1, 0.15) is 0 Å². The standard InChI is InChI=1S/C17H17F3N4O/c18-17(19,20)11-5-7-13(8-6-11)21-15-10-9-14(23-24-15)16(25)22-12-3-1-2-4-12/h5-10,12H,1-4H2,(H,21,24)(H,22,25). The number of halogens is 3. The number of alkyl halides is 3. The number of nitrogens with one attached hydrogen (secondary N) is 2. The summed E-state index contributed by atoms with van der Waals surface area (Å²) in [6.45, 7) is 0. The lowest BCUT2D eigenvalue weighted by molar-refractivity contribution is -0.137. The van der Waals surface area contributed by atoms with Crippen LogP contribution in [0.1, 0.15) is 41.7 Å². The van der Waals surface area contributed by atoms with Crippen LogP contribution in [-0.4, -0.2) is 22.1 Å². The van der Waals surface area contributed by atoms with Crippen molar-refractivity contribution in [3.63, 3.8) is 0 Å². The van der Waals surface area contributed by atoms with Crippen molar-refractivity contribution in [3.05, 3.63) is 47.7 Å². The lowest BCUT2D eigenvalue weighted by atomic mass is 10.2. The number of benzene rings is 1. The summed E-state index contributed by atoms with van der Waals surface area (Å²) < 4.78 is 37.6. The van der Waals surface area contributed by atoms with Crippen molar-refractivity contribution in [2.24, 2.45) is 0 Å². The van der Waals surface area contributed by atoms with Gasteiger partial charge in [-0.2, -0.15) is 13.2 Å². The second-order valence-corrected chi connectivity index (χ2v) is 5.96. The normalized spacial score (nSPS) is 15.2. The number of carbonyl (C=O) groups is 1. The number of amides is 1. The van der Waals surface area contributed by atoms with Gasteiger partial charge >= 0.3 is 6.18 Å². The molecule has 0 spiro atoms. The Hall–Kier alpha value is -2.64. The van der Waals surface area contributed by atoms with Crippen molar-refractivity contribution in [2.75, 3.05) is 5.32 Å². The fraction of sp³-hybridized carbons (Fsp3) is 0.353. The van der Waals surface area contributed by atoms with E-state index in [1.54, 1.807) is 6.07 Å². The van der Waals surface area contributed by atoms with Gasteiger partial charge in [0.15, 0.2) is 11.5 Å². The predicted octanol–water partition coefficient (Wildman–Crippen LogP) is 3.91. The summed E-state index contributed by atoms with van der Waals surface area (Å²) in [5.41, 5.74) is -0.0570. The molecule has 2 aromatic rings. The summed E-state index contributed by atoms with van der Waals surface area (Å²) in [4.78, 5) is 12.1. The van der Waals surface area contributed by atoms with Crippen LogP contribution in [-0.2, 0) is 6.18 Å². The van der Waals surface area contributed by atoms with Crippen molar-refractivity contribution >= 4 is 17.4 Å². The molecule has 1 aliphatic rings. The van der Waals surface area contributed by atoms with Crippen LogP contribution < -0.4 is 10.6 Å². The first kappa shape index (κ1) is 17.2. The Morgan fingerprint density at radius 3 is 2.24 bits per heavy atom. The molecule has 132 valence electrons. The Morgan fingerprint density at radius 2 is 1.68 bits per heavy atom. The SMILES string of the molecule is O=C(NC1CCCC1)c1ccc(Nc2ccc(C(F)(F)F)cc2)nn1. The summed E-state index contributed by atoms with van der Waals surface area (Å²) in [6.07, 6.45) is -0.175. The Morgan fingerprint density at radius 1 is 1.00 bits per heavy atom. The molecule has 1 aliphatic carbocycles. The Labute approximate surface area is 142 Å².